The van der Waals surface area contributed by atoms with Crippen molar-refractivity contribution in [1.82, 2.24) is 9.55 Å². The number of halogens is 3. The average molecular weight is 460 g/mol. The lowest BCUT2D eigenvalue weighted by molar-refractivity contribution is -0.128. The van der Waals surface area contributed by atoms with Gasteiger partial charge < -0.3 is 4.74 Å². The molecule has 9 heteroatoms. The van der Waals surface area contributed by atoms with E-state index in [0.29, 0.717) is 33.8 Å². The average Bonchev–Trinajstić information content (AvgIpc) is 3.04. The Morgan fingerprint density at radius 2 is 1.62 bits per heavy atom. The van der Waals surface area contributed by atoms with E-state index in [4.69, 9.17) is 4.74 Å². The van der Waals surface area contributed by atoms with E-state index in [0.717, 1.165) is 6.26 Å². The van der Waals surface area contributed by atoms with Crippen LogP contribution < -0.4 is 4.74 Å². The molecular formula is C23H19F3N2O3S. The monoisotopic (exact) mass is 460 g/mol. The van der Waals surface area contributed by atoms with Crippen molar-refractivity contribution >= 4 is 20.9 Å². The van der Waals surface area contributed by atoms with Crippen molar-refractivity contribution in [3.63, 3.8) is 0 Å². The number of imidazole rings is 1. The summed E-state index contributed by atoms with van der Waals surface area (Å²) >= 11 is 0. The molecule has 4 rings (SSSR count). The summed E-state index contributed by atoms with van der Waals surface area (Å²) in [6.45, 7) is 1.78. The zero-order valence-corrected chi connectivity index (χ0v) is 18.0. The van der Waals surface area contributed by atoms with Gasteiger partial charge in [0.2, 0.25) is 0 Å². The molecule has 0 radical (unpaired) electrons. The zero-order valence-electron chi connectivity index (χ0n) is 17.2. The van der Waals surface area contributed by atoms with E-state index >= 15 is 0 Å². The van der Waals surface area contributed by atoms with Gasteiger partial charge in [0.1, 0.15) is 23.7 Å². The Bertz CT molecular complexity index is 1390. The van der Waals surface area contributed by atoms with Gasteiger partial charge in [-0.25, -0.2) is 13.4 Å². The molecule has 166 valence electrons. The SMILES string of the molecule is Cc1cc(Oc2ccc(S(C)(=O)=O)cc2)ccc1-n1c(CC(F)(F)F)nc2ccccc21. The van der Waals surface area contributed by atoms with Crippen molar-refractivity contribution < 1.29 is 26.3 Å². The van der Waals surface area contributed by atoms with Crippen molar-refractivity contribution in [2.45, 2.75) is 24.4 Å². The third-order valence-corrected chi connectivity index (χ3v) is 6.01. The van der Waals surface area contributed by atoms with Crippen LogP contribution in [-0.2, 0) is 16.3 Å². The number of aryl methyl sites for hydroxylation is 1. The molecule has 0 amide bonds. The first-order valence-corrected chi connectivity index (χ1v) is 11.5. The number of alkyl halides is 3. The number of hydrogen-bond acceptors (Lipinski definition) is 4. The van der Waals surface area contributed by atoms with Crippen molar-refractivity contribution in [3.8, 4) is 17.2 Å². The molecule has 0 aliphatic heterocycles. The maximum absolute atomic E-state index is 13.2. The first-order chi connectivity index (χ1) is 15.0. The fourth-order valence-electron chi connectivity index (χ4n) is 3.48. The van der Waals surface area contributed by atoms with Crippen LogP contribution in [0.3, 0.4) is 0 Å². The highest BCUT2D eigenvalue weighted by atomic mass is 32.2. The number of ether oxygens (including phenoxy) is 1. The van der Waals surface area contributed by atoms with Crippen molar-refractivity contribution in [1.29, 1.82) is 0 Å². The molecule has 1 heterocycles. The minimum atomic E-state index is -4.39. The lowest BCUT2D eigenvalue weighted by atomic mass is 10.1. The highest BCUT2D eigenvalue weighted by Crippen LogP contribution is 2.31. The highest BCUT2D eigenvalue weighted by molar-refractivity contribution is 7.90. The Labute approximate surface area is 183 Å². The zero-order chi connectivity index (χ0) is 23.1. The Morgan fingerprint density at radius 1 is 0.969 bits per heavy atom. The molecule has 0 spiro atoms. The quantitative estimate of drug-likeness (QED) is 0.387. The number of rotatable bonds is 5. The van der Waals surface area contributed by atoms with Gasteiger partial charge in [-0.2, -0.15) is 13.2 Å². The summed E-state index contributed by atoms with van der Waals surface area (Å²) in [5, 5.41) is 0. The molecule has 0 saturated carbocycles. The first kappa shape index (κ1) is 21.9. The maximum atomic E-state index is 13.2. The van der Waals surface area contributed by atoms with E-state index in [-0.39, 0.29) is 10.7 Å². The van der Waals surface area contributed by atoms with Crippen LogP contribution in [0.5, 0.6) is 11.5 Å². The number of aromatic nitrogens is 2. The van der Waals surface area contributed by atoms with Gasteiger partial charge in [0.25, 0.3) is 0 Å². The summed E-state index contributed by atoms with van der Waals surface area (Å²) in [7, 11) is -3.31. The standard InChI is InChI=1S/C23H19F3N2O3S/c1-15-13-17(31-16-7-10-18(11-8-16)32(2,29)30)9-12-20(15)28-21-6-4-3-5-19(21)27-22(28)14-23(24,25)26/h3-13H,14H2,1-2H3. The number of nitrogens with zero attached hydrogens (tertiary/aromatic N) is 2. The third kappa shape index (κ3) is 4.62. The number of benzene rings is 3. The molecule has 4 aromatic rings. The summed E-state index contributed by atoms with van der Waals surface area (Å²) in [4.78, 5) is 4.38. The molecule has 0 unspecified atom stereocenters. The lowest BCUT2D eigenvalue weighted by Gasteiger charge is -2.15. The Hall–Kier alpha value is -3.33. The van der Waals surface area contributed by atoms with Gasteiger partial charge in [-0.1, -0.05) is 12.1 Å². The minimum Gasteiger partial charge on any atom is -0.457 e. The van der Waals surface area contributed by atoms with Crippen LogP contribution in [0.2, 0.25) is 0 Å². The predicted molar refractivity (Wildman–Crippen MR) is 115 cm³/mol. The molecule has 0 aliphatic rings. The van der Waals surface area contributed by atoms with Crippen LogP contribution in [0.15, 0.2) is 71.6 Å². The van der Waals surface area contributed by atoms with Crippen LogP contribution in [0.4, 0.5) is 13.2 Å². The second kappa shape index (κ2) is 7.98. The van der Waals surface area contributed by atoms with Gasteiger partial charge in [0.15, 0.2) is 9.84 Å². The molecule has 5 nitrogen and oxygen atoms in total. The molecular weight excluding hydrogens is 441 g/mol. The van der Waals surface area contributed by atoms with E-state index in [1.165, 1.54) is 16.7 Å². The lowest BCUT2D eigenvalue weighted by Crippen LogP contribution is -2.16. The molecule has 3 aromatic carbocycles. The maximum Gasteiger partial charge on any atom is 0.396 e. The molecule has 0 bridgehead atoms. The Kier molecular flexibility index (Phi) is 5.46. The van der Waals surface area contributed by atoms with E-state index in [1.54, 1.807) is 61.5 Å². The molecule has 0 saturated heterocycles. The summed E-state index contributed by atoms with van der Waals surface area (Å²) in [6.07, 6.45) is -4.42. The molecule has 1 aromatic heterocycles. The highest BCUT2D eigenvalue weighted by Gasteiger charge is 2.31. The van der Waals surface area contributed by atoms with Crippen LogP contribution in [0.25, 0.3) is 16.7 Å². The first-order valence-electron chi connectivity index (χ1n) is 9.63. The van der Waals surface area contributed by atoms with Crippen LogP contribution >= 0.6 is 0 Å². The van der Waals surface area contributed by atoms with Crippen LogP contribution in [0, 0.1) is 6.92 Å². The topological polar surface area (TPSA) is 61.2 Å². The van der Waals surface area contributed by atoms with Crippen molar-refractivity contribution in [2.75, 3.05) is 6.26 Å². The van der Waals surface area contributed by atoms with E-state index in [9.17, 15) is 21.6 Å². The third-order valence-electron chi connectivity index (χ3n) is 4.89. The summed E-state index contributed by atoms with van der Waals surface area (Å²) in [5.74, 6) is 0.822. The van der Waals surface area contributed by atoms with Gasteiger partial charge >= 0.3 is 6.18 Å². The Balaban J connectivity index is 1.70. The molecule has 0 atom stereocenters. The van der Waals surface area contributed by atoms with E-state index < -0.39 is 22.4 Å². The van der Waals surface area contributed by atoms with Gasteiger partial charge in [0.05, 0.1) is 21.6 Å². The van der Waals surface area contributed by atoms with Crippen LogP contribution in [-0.4, -0.2) is 30.4 Å². The number of fused-ring (bicyclic) bond motifs is 1. The Morgan fingerprint density at radius 3 is 2.25 bits per heavy atom. The van der Waals surface area contributed by atoms with Crippen molar-refractivity contribution in [2.24, 2.45) is 0 Å². The molecule has 0 fully saturated rings. The summed E-state index contributed by atoms with van der Waals surface area (Å²) in [6, 6.07) is 17.9. The number of sulfone groups is 1. The number of hydrogen-bond donors (Lipinski definition) is 0. The van der Waals surface area contributed by atoms with E-state index in [1.807, 2.05) is 0 Å². The molecule has 0 N–H and O–H groups in total. The number of para-hydroxylation sites is 2. The van der Waals surface area contributed by atoms with Crippen molar-refractivity contribution in [3.05, 3.63) is 78.1 Å². The fraction of sp³-hybridized carbons (Fsp3) is 0.174. The molecule has 32 heavy (non-hydrogen) atoms. The second-order valence-corrected chi connectivity index (χ2v) is 9.45. The van der Waals surface area contributed by atoms with Gasteiger partial charge in [-0.05, 0) is 67.1 Å². The smallest absolute Gasteiger partial charge is 0.396 e. The fourth-order valence-corrected chi connectivity index (χ4v) is 4.11. The predicted octanol–water partition coefficient (Wildman–Crippen LogP) is 5.63. The molecule has 0 aliphatic carbocycles. The van der Waals surface area contributed by atoms with Gasteiger partial charge in [0, 0.05) is 6.26 Å². The largest absolute Gasteiger partial charge is 0.457 e. The second-order valence-electron chi connectivity index (χ2n) is 7.44. The van der Waals surface area contributed by atoms with E-state index in [2.05, 4.69) is 4.98 Å². The summed E-state index contributed by atoms with van der Waals surface area (Å²) in [5.41, 5.74) is 2.33. The summed E-state index contributed by atoms with van der Waals surface area (Å²) < 4.78 is 70.0. The van der Waals surface area contributed by atoms with Crippen LogP contribution in [0.1, 0.15) is 11.4 Å². The van der Waals surface area contributed by atoms with Gasteiger partial charge in [-0.15, -0.1) is 0 Å². The normalized spacial score (nSPS) is 12.3. The van der Waals surface area contributed by atoms with Gasteiger partial charge in [-0.3, -0.25) is 4.57 Å². The minimum absolute atomic E-state index is 0.0909.